The largest absolute Gasteiger partial charge is 0.454 e. The van der Waals surface area contributed by atoms with Gasteiger partial charge in [-0.25, -0.2) is 4.68 Å². The van der Waals surface area contributed by atoms with Gasteiger partial charge in [0.25, 0.3) is 5.56 Å². The first kappa shape index (κ1) is 20.6. The van der Waals surface area contributed by atoms with Crippen molar-refractivity contribution in [3.63, 3.8) is 0 Å². The van der Waals surface area contributed by atoms with Crippen LogP contribution in [0.4, 0.5) is 0 Å². The molecule has 174 valence electrons. The van der Waals surface area contributed by atoms with Gasteiger partial charge in [0.1, 0.15) is 6.04 Å². The van der Waals surface area contributed by atoms with Gasteiger partial charge in [0.15, 0.2) is 17.3 Å². The van der Waals surface area contributed by atoms with Crippen LogP contribution in [0.5, 0.6) is 11.5 Å². The van der Waals surface area contributed by atoms with E-state index in [2.05, 4.69) is 32.3 Å². The van der Waals surface area contributed by atoms with Crippen LogP contribution in [0.1, 0.15) is 50.0 Å². The number of aromatic nitrogens is 5. The van der Waals surface area contributed by atoms with Crippen molar-refractivity contribution >= 4 is 10.9 Å². The maximum Gasteiger partial charge on any atom is 0.253 e. The lowest BCUT2D eigenvalue weighted by molar-refractivity contribution is 0.0894. The molecule has 3 aliphatic rings. The minimum absolute atomic E-state index is 0.101. The number of likely N-dealkylation sites (tertiary alicyclic amines) is 1. The summed E-state index contributed by atoms with van der Waals surface area (Å²) in [5.74, 6) is 2.69. The summed E-state index contributed by atoms with van der Waals surface area (Å²) >= 11 is 0. The number of benzene rings is 1. The summed E-state index contributed by atoms with van der Waals surface area (Å²) in [6.07, 6.45) is 4.30. The third kappa shape index (κ3) is 3.87. The Balaban J connectivity index is 1.44. The third-order valence-electron chi connectivity index (χ3n) is 7.05. The van der Waals surface area contributed by atoms with Crippen molar-refractivity contribution in [3.8, 4) is 11.5 Å². The van der Waals surface area contributed by atoms with E-state index in [0.29, 0.717) is 35.3 Å². The Morgan fingerprint density at radius 2 is 1.97 bits per heavy atom. The quantitative estimate of drug-likeness (QED) is 0.628. The molecule has 6 rings (SSSR count). The maximum absolute atomic E-state index is 13.4. The zero-order chi connectivity index (χ0) is 22.4. The fourth-order valence-corrected chi connectivity index (χ4v) is 5.12. The lowest BCUT2D eigenvalue weighted by Gasteiger charge is -2.36. The highest BCUT2D eigenvalue weighted by molar-refractivity contribution is 5.83. The molecule has 0 amide bonds. The molecule has 3 aromatic rings. The number of aromatic amines is 1. The standard InChI is InChI=1S/C23H28N6O4/c1-14-4-6-28(7-5-14)21(22-25-26-27-29(22)12-16-3-2-8-31-16)17-9-15-10-19-20(33-13-32-19)11-18(15)24-23(17)30/h9-11,14,16,21H,2-8,12-13H2,1H3,(H,24,30)/t16-,21-/m1/s1. The predicted octanol–water partition coefficient (Wildman–Crippen LogP) is 2.24. The Hall–Kier alpha value is -2.98. The van der Waals surface area contributed by atoms with Gasteiger partial charge >= 0.3 is 0 Å². The highest BCUT2D eigenvalue weighted by Gasteiger charge is 2.33. The van der Waals surface area contributed by atoms with Crippen LogP contribution in [0.2, 0.25) is 0 Å². The molecule has 33 heavy (non-hydrogen) atoms. The van der Waals surface area contributed by atoms with Crippen molar-refractivity contribution in [1.29, 1.82) is 0 Å². The van der Waals surface area contributed by atoms with Gasteiger partial charge in [-0.05, 0) is 67.3 Å². The van der Waals surface area contributed by atoms with E-state index in [-0.39, 0.29) is 24.5 Å². The highest BCUT2D eigenvalue weighted by atomic mass is 16.7. The van der Waals surface area contributed by atoms with Gasteiger partial charge in [-0.15, -0.1) is 5.10 Å². The van der Waals surface area contributed by atoms with Crippen molar-refractivity contribution in [1.82, 2.24) is 30.1 Å². The van der Waals surface area contributed by atoms with E-state index >= 15 is 0 Å². The van der Waals surface area contributed by atoms with Crippen LogP contribution in [-0.2, 0) is 11.3 Å². The smallest absolute Gasteiger partial charge is 0.253 e. The molecule has 0 radical (unpaired) electrons. The topological polar surface area (TPSA) is 107 Å². The number of tetrazole rings is 1. The Labute approximate surface area is 190 Å². The average molecular weight is 453 g/mol. The van der Waals surface area contributed by atoms with Crippen LogP contribution < -0.4 is 15.0 Å². The van der Waals surface area contributed by atoms with Crippen molar-refractivity contribution < 1.29 is 14.2 Å². The number of pyridine rings is 1. The summed E-state index contributed by atoms with van der Waals surface area (Å²) in [4.78, 5) is 18.8. The first-order chi connectivity index (χ1) is 16.2. The van der Waals surface area contributed by atoms with E-state index in [4.69, 9.17) is 14.2 Å². The first-order valence-corrected chi connectivity index (χ1v) is 11.7. The van der Waals surface area contributed by atoms with Gasteiger partial charge in [0, 0.05) is 23.6 Å². The zero-order valence-corrected chi connectivity index (χ0v) is 18.7. The van der Waals surface area contributed by atoms with Crippen molar-refractivity contribution in [2.75, 3.05) is 26.5 Å². The second kappa shape index (κ2) is 8.42. The molecule has 2 atom stereocenters. The molecule has 0 unspecified atom stereocenters. The minimum atomic E-state index is -0.340. The maximum atomic E-state index is 13.4. The molecule has 0 spiro atoms. The molecular weight excluding hydrogens is 424 g/mol. The van der Waals surface area contributed by atoms with Gasteiger partial charge in [0.05, 0.1) is 18.2 Å². The lowest BCUT2D eigenvalue weighted by atomic mass is 9.95. The van der Waals surface area contributed by atoms with Crippen molar-refractivity contribution in [3.05, 3.63) is 39.9 Å². The third-order valence-corrected chi connectivity index (χ3v) is 7.05. The van der Waals surface area contributed by atoms with Gasteiger partial charge in [-0.2, -0.15) is 0 Å². The fourth-order valence-electron chi connectivity index (χ4n) is 5.12. The van der Waals surface area contributed by atoms with Crippen LogP contribution in [-0.4, -0.2) is 62.7 Å². The highest BCUT2D eigenvalue weighted by Crippen LogP contribution is 2.37. The molecule has 1 aromatic carbocycles. The van der Waals surface area contributed by atoms with Crippen LogP contribution >= 0.6 is 0 Å². The Morgan fingerprint density at radius 1 is 1.15 bits per heavy atom. The predicted molar refractivity (Wildman–Crippen MR) is 119 cm³/mol. The molecule has 2 saturated heterocycles. The summed E-state index contributed by atoms with van der Waals surface area (Å²) < 4.78 is 18.7. The van der Waals surface area contributed by atoms with E-state index in [1.807, 2.05) is 22.9 Å². The number of hydrogen-bond acceptors (Lipinski definition) is 8. The summed E-state index contributed by atoms with van der Waals surface area (Å²) in [7, 11) is 0. The van der Waals surface area contributed by atoms with E-state index in [1.54, 1.807) is 0 Å². The van der Waals surface area contributed by atoms with Crippen LogP contribution in [0.3, 0.4) is 0 Å². The molecule has 10 nitrogen and oxygen atoms in total. The van der Waals surface area contributed by atoms with Gasteiger partial charge < -0.3 is 19.2 Å². The number of rotatable bonds is 5. The van der Waals surface area contributed by atoms with E-state index in [0.717, 1.165) is 56.3 Å². The number of nitrogens with zero attached hydrogens (tertiary/aromatic N) is 5. The van der Waals surface area contributed by atoms with Gasteiger partial charge in [0.2, 0.25) is 6.79 Å². The van der Waals surface area contributed by atoms with Crippen LogP contribution in [0, 0.1) is 5.92 Å². The summed E-state index contributed by atoms with van der Waals surface area (Å²) in [6.45, 7) is 5.60. The van der Waals surface area contributed by atoms with Crippen molar-refractivity contribution in [2.45, 2.75) is 51.3 Å². The van der Waals surface area contributed by atoms with E-state index in [9.17, 15) is 4.79 Å². The Bertz CT molecular complexity index is 1210. The van der Waals surface area contributed by atoms with Gasteiger partial charge in [-0.1, -0.05) is 6.92 Å². The molecule has 0 saturated carbocycles. The molecule has 2 fully saturated rings. The number of fused-ring (bicyclic) bond motifs is 2. The normalized spacial score (nSPS) is 22.3. The Morgan fingerprint density at radius 3 is 2.76 bits per heavy atom. The molecule has 0 bridgehead atoms. The minimum Gasteiger partial charge on any atom is -0.454 e. The summed E-state index contributed by atoms with van der Waals surface area (Å²) in [6, 6.07) is 5.35. The van der Waals surface area contributed by atoms with Gasteiger partial charge in [-0.3, -0.25) is 9.69 Å². The van der Waals surface area contributed by atoms with Crippen molar-refractivity contribution in [2.24, 2.45) is 5.92 Å². The second-order valence-electron chi connectivity index (χ2n) is 9.32. The molecule has 1 N–H and O–H groups in total. The fraction of sp³-hybridized carbons (Fsp3) is 0.565. The number of hydrogen-bond donors (Lipinski definition) is 1. The zero-order valence-electron chi connectivity index (χ0n) is 18.7. The first-order valence-electron chi connectivity index (χ1n) is 11.7. The molecule has 10 heteroatoms. The SMILES string of the molecule is CC1CCN([C@H](c2cc3cc4c(cc3[nH]c2=O)OCO4)c2nnnn2C[C@H]2CCCO2)CC1. The number of piperidine rings is 1. The van der Waals surface area contributed by atoms with Crippen LogP contribution in [0.25, 0.3) is 10.9 Å². The number of ether oxygens (including phenoxy) is 3. The number of nitrogens with one attached hydrogen (secondary N) is 1. The second-order valence-corrected chi connectivity index (χ2v) is 9.32. The molecule has 2 aromatic heterocycles. The molecule has 3 aliphatic heterocycles. The lowest BCUT2D eigenvalue weighted by Crippen LogP contribution is -2.40. The average Bonchev–Trinajstić information content (AvgIpc) is 3.57. The number of H-pyrrole nitrogens is 1. The summed E-state index contributed by atoms with van der Waals surface area (Å²) in [5.41, 5.74) is 1.22. The summed E-state index contributed by atoms with van der Waals surface area (Å²) in [5, 5.41) is 13.6. The Kier molecular flexibility index (Phi) is 5.26. The monoisotopic (exact) mass is 452 g/mol. The van der Waals surface area contributed by atoms with E-state index in [1.165, 1.54) is 0 Å². The van der Waals surface area contributed by atoms with Crippen LogP contribution in [0.15, 0.2) is 23.0 Å². The molecule has 0 aliphatic carbocycles. The molecular formula is C23H28N6O4. The molecule has 5 heterocycles. The van der Waals surface area contributed by atoms with E-state index < -0.39 is 0 Å².